The standard InChI is InChI=1S/C19H14ClFN2O2/c1-12-10-18(23-19(22-12)14-2-6-15(20)7-3-14)25-11-17(24)13-4-8-16(21)9-5-13/h2-10H,11H2,1H3. The van der Waals surface area contributed by atoms with Gasteiger partial charge in [0.1, 0.15) is 5.82 Å². The first-order chi connectivity index (χ1) is 12.0. The van der Waals surface area contributed by atoms with E-state index in [9.17, 15) is 9.18 Å². The van der Waals surface area contributed by atoms with Gasteiger partial charge in [-0.15, -0.1) is 0 Å². The minimum atomic E-state index is -0.392. The molecule has 25 heavy (non-hydrogen) atoms. The molecular formula is C19H14ClFN2O2. The normalized spacial score (nSPS) is 10.5. The van der Waals surface area contributed by atoms with Crippen LogP contribution in [0, 0.1) is 12.7 Å². The van der Waals surface area contributed by atoms with Crippen molar-refractivity contribution in [3.63, 3.8) is 0 Å². The number of nitrogens with zero attached hydrogens (tertiary/aromatic N) is 2. The third-order valence-electron chi connectivity index (χ3n) is 3.45. The molecule has 0 saturated heterocycles. The number of hydrogen-bond donors (Lipinski definition) is 0. The Morgan fingerprint density at radius 2 is 1.76 bits per heavy atom. The highest BCUT2D eigenvalue weighted by atomic mass is 35.5. The first kappa shape index (κ1) is 17.0. The second-order valence-corrected chi connectivity index (χ2v) is 5.83. The molecule has 1 heterocycles. The molecule has 0 saturated carbocycles. The van der Waals surface area contributed by atoms with Crippen molar-refractivity contribution in [1.29, 1.82) is 0 Å². The van der Waals surface area contributed by atoms with Crippen LogP contribution in [0.15, 0.2) is 54.6 Å². The Kier molecular flexibility index (Phi) is 5.05. The van der Waals surface area contributed by atoms with Crippen molar-refractivity contribution in [2.24, 2.45) is 0 Å². The van der Waals surface area contributed by atoms with Crippen molar-refractivity contribution in [2.45, 2.75) is 6.92 Å². The van der Waals surface area contributed by atoms with E-state index in [2.05, 4.69) is 9.97 Å². The van der Waals surface area contributed by atoms with Gasteiger partial charge >= 0.3 is 0 Å². The number of halogens is 2. The van der Waals surface area contributed by atoms with Crippen LogP contribution in [0.25, 0.3) is 11.4 Å². The Morgan fingerprint density at radius 1 is 1.08 bits per heavy atom. The minimum Gasteiger partial charge on any atom is -0.469 e. The Bertz CT molecular complexity index is 896. The van der Waals surface area contributed by atoms with E-state index in [1.807, 2.05) is 19.1 Å². The van der Waals surface area contributed by atoms with Gasteiger partial charge in [0, 0.05) is 27.9 Å². The van der Waals surface area contributed by atoms with E-state index in [0.717, 1.165) is 5.56 Å². The summed E-state index contributed by atoms with van der Waals surface area (Å²) in [5.74, 6) is 0.134. The van der Waals surface area contributed by atoms with E-state index >= 15 is 0 Å². The van der Waals surface area contributed by atoms with Crippen molar-refractivity contribution in [2.75, 3.05) is 6.61 Å². The summed E-state index contributed by atoms with van der Waals surface area (Å²) in [6.45, 7) is 1.62. The highest BCUT2D eigenvalue weighted by Gasteiger charge is 2.10. The van der Waals surface area contributed by atoms with Crippen molar-refractivity contribution in [1.82, 2.24) is 9.97 Å². The Labute approximate surface area is 149 Å². The summed E-state index contributed by atoms with van der Waals surface area (Å²) in [6, 6.07) is 14.1. The molecule has 0 atom stereocenters. The summed E-state index contributed by atoms with van der Waals surface area (Å²) >= 11 is 5.89. The van der Waals surface area contributed by atoms with Crippen LogP contribution < -0.4 is 4.74 Å². The molecule has 3 rings (SSSR count). The van der Waals surface area contributed by atoms with Gasteiger partial charge in [-0.2, -0.15) is 4.98 Å². The lowest BCUT2D eigenvalue weighted by molar-refractivity contribution is 0.0918. The highest BCUT2D eigenvalue weighted by molar-refractivity contribution is 6.30. The zero-order chi connectivity index (χ0) is 17.8. The number of aryl methyl sites for hydroxylation is 1. The van der Waals surface area contributed by atoms with Crippen molar-refractivity contribution >= 4 is 17.4 Å². The Hall–Kier alpha value is -2.79. The molecule has 0 unspecified atom stereocenters. The molecule has 3 aromatic rings. The number of carbonyl (C=O) groups is 1. The van der Waals surface area contributed by atoms with Gasteiger partial charge in [-0.3, -0.25) is 4.79 Å². The molecule has 0 aliphatic carbocycles. The summed E-state index contributed by atoms with van der Waals surface area (Å²) in [6.07, 6.45) is 0. The molecular weight excluding hydrogens is 343 g/mol. The molecule has 0 aliphatic heterocycles. The number of hydrogen-bond acceptors (Lipinski definition) is 4. The van der Waals surface area contributed by atoms with E-state index in [1.165, 1.54) is 24.3 Å². The third-order valence-corrected chi connectivity index (χ3v) is 3.70. The summed E-state index contributed by atoms with van der Waals surface area (Å²) in [5.41, 5.74) is 1.89. The van der Waals surface area contributed by atoms with Crippen LogP contribution in [0.3, 0.4) is 0 Å². The second-order valence-electron chi connectivity index (χ2n) is 5.40. The maximum Gasteiger partial charge on any atom is 0.217 e. The van der Waals surface area contributed by atoms with Crippen LogP contribution in [0.1, 0.15) is 16.1 Å². The third kappa shape index (κ3) is 4.39. The number of rotatable bonds is 5. The van der Waals surface area contributed by atoms with Crippen molar-refractivity contribution in [3.05, 3.63) is 76.7 Å². The monoisotopic (exact) mass is 356 g/mol. The van der Waals surface area contributed by atoms with E-state index in [1.54, 1.807) is 18.2 Å². The number of ketones is 1. The minimum absolute atomic E-state index is 0.192. The van der Waals surface area contributed by atoms with E-state index in [4.69, 9.17) is 16.3 Å². The topological polar surface area (TPSA) is 52.1 Å². The SMILES string of the molecule is Cc1cc(OCC(=O)c2ccc(F)cc2)nc(-c2ccc(Cl)cc2)n1. The van der Waals surface area contributed by atoms with E-state index in [0.29, 0.717) is 28.0 Å². The molecule has 0 bridgehead atoms. The van der Waals surface area contributed by atoms with Gasteiger partial charge in [-0.1, -0.05) is 11.6 Å². The zero-order valence-electron chi connectivity index (χ0n) is 13.4. The number of Topliss-reactive ketones (excluding diaryl/α,β-unsaturated/α-hetero) is 1. The predicted molar refractivity (Wildman–Crippen MR) is 93.4 cm³/mol. The van der Waals surface area contributed by atoms with Gasteiger partial charge in [0.2, 0.25) is 5.88 Å². The van der Waals surface area contributed by atoms with Crippen molar-refractivity contribution < 1.29 is 13.9 Å². The number of benzene rings is 2. The van der Waals surface area contributed by atoms with E-state index in [-0.39, 0.29) is 12.4 Å². The fourth-order valence-corrected chi connectivity index (χ4v) is 2.33. The summed E-state index contributed by atoms with van der Waals surface area (Å²) < 4.78 is 18.4. The van der Waals surface area contributed by atoms with Crippen LogP contribution in [-0.2, 0) is 0 Å². The van der Waals surface area contributed by atoms with Crippen molar-refractivity contribution in [3.8, 4) is 17.3 Å². The maximum absolute atomic E-state index is 12.9. The van der Waals surface area contributed by atoms with Crippen LogP contribution in [0.4, 0.5) is 4.39 Å². The van der Waals surface area contributed by atoms with Gasteiger partial charge in [0.25, 0.3) is 0 Å². The van der Waals surface area contributed by atoms with Crippen LogP contribution >= 0.6 is 11.6 Å². The molecule has 0 N–H and O–H groups in total. The number of aromatic nitrogens is 2. The van der Waals surface area contributed by atoms with E-state index < -0.39 is 5.82 Å². The molecule has 2 aromatic carbocycles. The molecule has 6 heteroatoms. The molecule has 0 fully saturated rings. The van der Waals surface area contributed by atoms with Crippen LogP contribution in [-0.4, -0.2) is 22.4 Å². The van der Waals surface area contributed by atoms with Crippen LogP contribution in [0.2, 0.25) is 5.02 Å². The zero-order valence-corrected chi connectivity index (χ0v) is 14.1. The molecule has 126 valence electrons. The lowest BCUT2D eigenvalue weighted by Crippen LogP contribution is -2.12. The fourth-order valence-electron chi connectivity index (χ4n) is 2.20. The largest absolute Gasteiger partial charge is 0.469 e. The molecule has 0 amide bonds. The predicted octanol–water partition coefficient (Wildman–Crippen LogP) is 4.51. The summed E-state index contributed by atoms with van der Waals surface area (Å²) in [5, 5.41) is 0.623. The Balaban J connectivity index is 1.75. The lowest BCUT2D eigenvalue weighted by atomic mass is 10.1. The fraction of sp³-hybridized carbons (Fsp3) is 0.105. The first-order valence-electron chi connectivity index (χ1n) is 7.54. The quantitative estimate of drug-likeness (QED) is 0.631. The molecule has 4 nitrogen and oxygen atoms in total. The van der Waals surface area contributed by atoms with Crippen LogP contribution in [0.5, 0.6) is 5.88 Å². The number of ether oxygens (including phenoxy) is 1. The molecule has 0 aliphatic rings. The Morgan fingerprint density at radius 3 is 2.44 bits per heavy atom. The highest BCUT2D eigenvalue weighted by Crippen LogP contribution is 2.21. The van der Waals surface area contributed by atoms with Gasteiger partial charge < -0.3 is 4.74 Å². The lowest BCUT2D eigenvalue weighted by Gasteiger charge is -2.08. The summed E-state index contributed by atoms with van der Waals surface area (Å²) in [7, 11) is 0. The van der Waals surface area contributed by atoms with Gasteiger partial charge in [0.05, 0.1) is 0 Å². The first-order valence-corrected chi connectivity index (χ1v) is 7.92. The average molecular weight is 357 g/mol. The van der Waals surface area contributed by atoms with Gasteiger partial charge in [0.15, 0.2) is 18.2 Å². The molecule has 0 radical (unpaired) electrons. The van der Waals surface area contributed by atoms with Gasteiger partial charge in [-0.25, -0.2) is 9.37 Å². The molecule has 1 aromatic heterocycles. The maximum atomic E-state index is 12.9. The summed E-state index contributed by atoms with van der Waals surface area (Å²) in [4.78, 5) is 20.8. The van der Waals surface area contributed by atoms with Gasteiger partial charge in [-0.05, 0) is 55.5 Å². The average Bonchev–Trinajstić information content (AvgIpc) is 2.60. The molecule has 0 spiro atoms. The second kappa shape index (κ2) is 7.40. The number of carbonyl (C=O) groups excluding carboxylic acids is 1. The smallest absolute Gasteiger partial charge is 0.217 e.